The van der Waals surface area contributed by atoms with Crippen LogP contribution < -0.4 is 16.4 Å². The van der Waals surface area contributed by atoms with Gasteiger partial charge in [0.25, 0.3) is 0 Å². The smallest absolute Gasteiger partial charge is 0.224 e. The summed E-state index contributed by atoms with van der Waals surface area (Å²) in [6.07, 6.45) is 0.511. The Hall–Kier alpha value is -4.78. The molecule has 1 aliphatic rings. The molecule has 1 saturated heterocycles. The second-order valence-corrected chi connectivity index (χ2v) is 13.0. The van der Waals surface area contributed by atoms with E-state index in [1.54, 1.807) is 42.5 Å². The number of phenols is 1. The average Bonchev–Trinajstić information content (AvgIpc) is 3.13. The van der Waals surface area contributed by atoms with Crippen molar-refractivity contribution < 1.29 is 34.4 Å². The molecule has 51 heavy (non-hydrogen) atoms. The maximum absolute atomic E-state index is 12.5. The predicted molar refractivity (Wildman–Crippen MR) is 195 cm³/mol. The molecule has 1 fully saturated rings. The standard InChI is InChI=1S/C40H48N4O7/c1-44(25-36(47)31-7-6-8-32(46)21-31)24-33-22-37(29-17-15-28(26-45)16-18-29)51-40(50-33)30-19-13-27(14-20-30)23-42-38(48)11-4-5-12-39(49)43-35-10-3-2-9-34(35)41/h2-3,6-10,13-21,33,36-37,40,45-47H,4-5,11-12,22-26,41H2,1H3,(H,42,48)(H,43,49)/t33-,36-,37+,40+/m1/s1. The van der Waals surface area contributed by atoms with Gasteiger partial charge in [0.2, 0.25) is 11.8 Å². The van der Waals surface area contributed by atoms with Crippen LogP contribution in [-0.4, -0.2) is 58.3 Å². The largest absolute Gasteiger partial charge is 0.508 e. The fraction of sp³-hybridized carbons (Fsp3) is 0.350. The normalized spacial score (nSPS) is 17.9. The van der Waals surface area contributed by atoms with E-state index in [0.717, 1.165) is 22.3 Å². The van der Waals surface area contributed by atoms with Crippen molar-refractivity contribution in [1.82, 2.24) is 10.2 Å². The highest BCUT2D eigenvalue weighted by Crippen LogP contribution is 2.38. The van der Waals surface area contributed by atoms with E-state index < -0.39 is 12.4 Å². The molecule has 2 amide bonds. The van der Waals surface area contributed by atoms with Crippen LogP contribution in [0.1, 0.15) is 78.4 Å². The van der Waals surface area contributed by atoms with Crippen molar-refractivity contribution >= 4 is 23.2 Å². The number of nitrogen functional groups attached to an aromatic ring is 1. The average molecular weight is 697 g/mol. The Morgan fingerprint density at radius 3 is 2.27 bits per heavy atom. The van der Waals surface area contributed by atoms with E-state index in [-0.39, 0.29) is 36.4 Å². The maximum Gasteiger partial charge on any atom is 0.224 e. The number of benzene rings is 4. The van der Waals surface area contributed by atoms with E-state index in [1.165, 1.54) is 0 Å². The van der Waals surface area contributed by atoms with Gasteiger partial charge in [-0.25, -0.2) is 0 Å². The molecule has 4 aromatic rings. The molecule has 270 valence electrons. The maximum atomic E-state index is 12.5. The molecule has 4 aromatic carbocycles. The van der Waals surface area contributed by atoms with Crippen molar-refractivity contribution in [2.45, 2.75) is 69.9 Å². The summed E-state index contributed by atoms with van der Waals surface area (Å²) in [6, 6.07) is 29.2. The lowest BCUT2D eigenvalue weighted by Gasteiger charge is -2.38. The summed E-state index contributed by atoms with van der Waals surface area (Å²) in [5, 5.41) is 35.9. The zero-order valence-electron chi connectivity index (χ0n) is 28.9. The summed E-state index contributed by atoms with van der Waals surface area (Å²) >= 11 is 0. The van der Waals surface area contributed by atoms with E-state index >= 15 is 0 Å². The number of unbranched alkanes of at least 4 members (excludes halogenated alkanes) is 1. The van der Waals surface area contributed by atoms with Crippen molar-refractivity contribution in [2.24, 2.45) is 0 Å². The topological polar surface area (TPSA) is 167 Å². The third-order valence-electron chi connectivity index (χ3n) is 8.90. The van der Waals surface area contributed by atoms with Crippen LogP contribution in [0.5, 0.6) is 5.75 Å². The van der Waals surface area contributed by atoms with E-state index in [4.69, 9.17) is 15.2 Å². The summed E-state index contributed by atoms with van der Waals surface area (Å²) in [5.74, 6) is -0.105. The highest BCUT2D eigenvalue weighted by molar-refractivity contribution is 5.93. The van der Waals surface area contributed by atoms with Crippen molar-refractivity contribution in [3.05, 3.63) is 125 Å². The van der Waals surface area contributed by atoms with Gasteiger partial charge in [0.1, 0.15) is 5.75 Å². The fourth-order valence-corrected chi connectivity index (χ4v) is 6.06. The van der Waals surface area contributed by atoms with Gasteiger partial charge >= 0.3 is 0 Å². The minimum atomic E-state index is -0.778. The van der Waals surface area contributed by atoms with E-state index in [0.29, 0.717) is 68.7 Å². The van der Waals surface area contributed by atoms with Crippen LogP contribution in [0.3, 0.4) is 0 Å². The molecule has 0 radical (unpaired) electrons. The first-order valence-corrected chi connectivity index (χ1v) is 17.3. The fourth-order valence-electron chi connectivity index (χ4n) is 6.06. The number of nitrogens with two attached hydrogens (primary N) is 1. The predicted octanol–water partition coefficient (Wildman–Crippen LogP) is 5.49. The van der Waals surface area contributed by atoms with E-state index in [2.05, 4.69) is 10.6 Å². The first-order chi connectivity index (χ1) is 24.7. The number of nitrogens with one attached hydrogen (secondary N) is 2. The molecule has 0 aromatic heterocycles. The van der Waals surface area contributed by atoms with Crippen LogP contribution in [0.25, 0.3) is 0 Å². The van der Waals surface area contributed by atoms with E-state index in [9.17, 15) is 24.9 Å². The number of phenolic OH excluding ortho intramolecular Hbond substituents is 1. The van der Waals surface area contributed by atoms with Crippen LogP contribution in [-0.2, 0) is 32.2 Å². The quantitative estimate of drug-likeness (QED) is 0.0656. The van der Waals surface area contributed by atoms with Crippen molar-refractivity contribution in [1.29, 1.82) is 0 Å². The van der Waals surface area contributed by atoms with Crippen molar-refractivity contribution in [3.8, 4) is 5.75 Å². The lowest BCUT2D eigenvalue weighted by atomic mass is 9.99. The number of amides is 2. The molecule has 0 unspecified atom stereocenters. The number of rotatable bonds is 16. The van der Waals surface area contributed by atoms with Crippen molar-refractivity contribution in [3.63, 3.8) is 0 Å². The molecule has 7 N–H and O–H groups in total. The SMILES string of the molecule is CN(C[C@H]1C[C@@H](c2ccc(CO)cc2)O[C@@H](c2ccc(CNC(=O)CCCCC(=O)Nc3ccccc3N)cc2)O1)C[C@@H](O)c1cccc(O)c1. The second kappa shape index (κ2) is 18.5. The zero-order chi connectivity index (χ0) is 36.2. The molecule has 1 heterocycles. The minimum Gasteiger partial charge on any atom is -0.508 e. The molecule has 4 atom stereocenters. The Labute approximate surface area is 299 Å². The summed E-state index contributed by atoms with van der Waals surface area (Å²) < 4.78 is 12.9. The molecule has 0 saturated carbocycles. The van der Waals surface area contributed by atoms with Crippen LogP contribution in [0.4, 0.5) is 11.4 Å². The molecular weight excluding hydrogens is 648 g/mol. The van der Waals surface area contributed by atoms with Gasteiger partial charge in [0.15, 0.2) is 6.29 Å². The number of aromatic hydroxyl groups is 1. The summed E-state index contributed by atoms with van der Waals surface area (Å²) in [7, 11) is 1.92. The Balaban J connectivity index is 1.13. The highest BCUT2D eigenvalue weighted by atomic mass is 16.7. The first-order valence-electron chi connectivity index (χ1n) is 17.3. The van der Waals surface area contributed by atoms with Crippen LogP contribution >= 0.6 is 0 Å². The molecular formula is C40H48N4O7. The third-order valence-corrected chi connectivity index (χ3v) is 8.90. The number of aliphatic hydroxyl groups excluding tert-OH is 2. The molecule has 0 aliphatic carbocycles. The molecule has 1 aliphatic heterocycles. The summed E-state index contributed by atoms with van der Waals surface area (Å²) in [4.78, 5) is 26.7. The first kappa shape index (κ1) is 37.5. The van der Waals surface area contributed by atoms with Crippen LogP contribution in [0, 0.1) is 0 Å². The second-order valence-electron chi connectivity index (χ2n) is 13.0. The van der Waals surface area contributed by atoms with Gasteiger partial charge in [0.05, 0.1) is 36.3 Å². The van der Waals surface area contributed by atoms with E-state index in [1.807, 2.05) is 66.5 Å². The van der Waals surface area contributed by atoms with Gasteiger partial charge in [-0.3, -0.25) is 9.59 Å². The van der Waals surface area contributed by atoms with Gasteiger partial charge in [-0.2, -0.15) is 0 Å². The Morgan fingerprint density at radius 2 is 1.57 bits per heavy atom. The number of nitrogens with zero attached hydrogens (tertiary/aromatic N) is 1. The third kappa shape index (κ3) is 11.4. The van der Waals surface area contributed by atoms with Gasteiger partial charge in [-0.05, 0) is 66.4 Å². The molecule has 5 rings (SSSR count). The lowest BCUT2D eigenvalue weighted by Crippen LogP contribution is -2.39. The number of carbonyl (C=O) groups is 2. The number of anilines is 2. The molecule has 11 heteroatoms. The number of hydrogen-bond acceptors (Lipinski definition) is 9. The summed E-state index contributed by atoms with van der Waals surface area (Å²) in [5.41, 5.74) is 11.2. The summed E-state index contributed by atoms with van der Waals surface area (Å²) in [6.45, 7) is 1.22. The van der Waals surface area contributed by atoms with Crippen LogP contribution in [0.2, 0.25) is 0 Å². The monoisotopic (exact) mass is 696 g/mol. The Bertz CT molecular complexity index is 1720. The molecule has 0 bridgehead atoms. The number of aliphatic hydroxyl groups is 2. The molecule has 11 nitrogen and oxygen atoms in total. The Kier molecular flexibility index (Phi) is 13.6. The minimum absolute atomic E-state index is 0.0382. The zero-order valence-corrected chi connectivity index (χ0v) is 28.9. The highest BCUT2D eigenvalue weighted by Gasteiger charge is 2.33. The number of likely N-dealkylation sites (N-methyl/N-ethyl adjacent to an activating group) is 1. The number of carbonyl (C=O) groups excluding carboxylic acids is 2. The van der Waals surface area contributed by atoms with Gasteiger partial charge < -0.3 is 46.1 Å². The number of hydrogen-bond donors (Lipinski definition) is 6. The van der Waals surface area contributed by atoms with Gasteiger partial charge in [-0.15, -0.1) is 0 Å². The number of ether oxygens (including phenoxy) is 2. The lowest BCUT2D eigenvalue weighted by molar-refractivity contribution is -0.252. The van der Waals surface area contributed by atoms with Crippen molar-refractivity contribution in [2.75, 3.05) is 31.2 Å². The number of para-hydroxylation sites is 2. The van der Waals surface area contributed by atoms with Gasteiger partial charge in [-0.1, -0.05) is 72.8 Å². The van der Waals surface area contributed by atoms with Crippen LogP contribution in [0.15, 0.2) is 97.1 Å². The Morgan fingerprint density at radius 1 is 0.882 bits per heavy atom. The molecule has 0 spiro atoms. The van der Waals surface area contributed by atoms with Gasteiger partial charge in [0, 0.05) is 44.5 Å².